The molecule has 1 saturated carbocycles. The standard InChI is InChI=1S/C8H13O2.Fe/c9-7-10-6-5-8-3-1-2-4-8;/h8H,1-6H2;/q-1;. The summed E-state index contributed by atoms with van der Waals surface area (Å²) >= 11 is 0. The van der Waals surface area contributed by atoms with Gasteiger partial charge in [-0.3, -0.25) is 0 Å². The molecule has 0 aromatic heterocycles. The smallest absolute Gasteiger partial charge is 0.0483 e. The van der Waals surface area contributed by atoms with E-state index in [1.54, 1.807) is 0 Å². The van der Waals surface area contributed by atoms with E-state index >= 15 is 0 Å². The first-order valence-corrected chi connectivity index (χ1v) is 3.92. The molecule has 1 aliphatic rings. The van der Waals surface area contributed by atoms with Crippen molar-refractivity contribution in [3.8, 4) is 0 Å². The third kappa shape index (κ3) is 4.44. The maximum Gasteiger partial charge on any atom is 0.0483 e. The van der Waals surface area contributed by atoms with Gasteiger partial charge >= 0.3 is 0 Å². The molecule has 1 fully saturated rings. The Hall–Kier alpha value is -0.0105. The average molecular weight is 197 g/mol. The molecule has 0 heterocycles. The average Bonchev–Trinajstić information content (AvgIpc) is 2.41. The molecule has 0 radical (unpaired) electrons. The van der Waals surface area contributed by atoms with E-state index in [1.165, 1.54) is 32.2 Å². The minimum Gasteiger partial charge on any atom is -0.653 e. The van der Waals surface area contributed by atoms with Crippen LogP contribution in [0.5, 0.6) is 0 Å². The molecule has 0 aliphatic heterocycles. The minimum atomic E-state index is 0. The normalized spacial score (nSPS) is 17.5. The molecule has 0 aromatic carbocycles. The molecule has 0 saturated heterocycles. The van der Waals surface area contributed by atoms with Crippen LogP contribution in [0.15, 0.2) is 0 Å². The van der Waals surface area contributed by atoms with Gasteiger partial charge in [0.15, 0.2) is 0 Å². The zero-order valence-corrected chi connectivity index (χ0v) is 7.59. The second-order valence-electron chi connectivity index (χ2n) is 2.87. The Morgan fingerprint density at radius 2 is 2.00 bits per heavy atom. The Kier molecular flexibility index (Phi) is 6.68. The fraction of sp³-hybridized carbons (Fsp3) is 0.875. The molecule has 3 heteroatoms. The predicted octanol–water partition coefficient (Wildman–Crippen LogP) is 1.65. The summed E-state index contributed by atoms with van der Waals surface area (Å²) in [5.41, 5.74) is 0. The Labute approximate surface area is 78.2 Å². The van der Waals surface area contributed by atoms with Crippen molar-refractivity contribution in [1.82, 2.24) is 0 Å². The molecular formula is C8H13FeO2-. The molecule has 1 aliphatic carbocycles. The summed E-state index contributed by atoms with van der Waals surface area (Å²) in [5.74, 6) is 0.813. The largest absolute Gasteiger partial charge is 0.653 e. The minimum absolute atomic E-state index is 0. The maximum atomic E-state index is 9.63. The van der Waals surface area contributed by atoms with Gasteiger partial charge in [0, 0.05) is 23.7 Å². The molecule has 0 amide bonds. The molecule has 0 spiro atoms. The van der Waals surface area contributed by atoms with Crippen LogP contribution in [0.4, 0.5) is 0 Å². The summed E-state index contributed by atoms with van der Waals surface area (Å²) in [6.45, 7) is 2.01. The van der Waals surface area contributed by atoms with Crippen molar-refractivity contribution in [1.29, 1.82) is 0 Å². The van der Waals surface area contributed by atoms with Crippen LogP contribution in [0.1, 0.15) is 32.1 Å². The second-order valence-corrected chi connectivity index (χ2v) is 2.87. The number of hydrogen-bond acceptors (Lipinski definition) is 2. The molecule has 0 atom stereocenters. The van der Waals surface area contributed by atoms with Crippen LogP contribution in [0.25, 0.3) is 0 Å². The number of rotatable bonds is 4. The van der Waals surface area contributed by atoms with E-state index in [0.29, 0.717) is 6.61 Å². The van der Waals surface area contributed by atoms with E-state index < -0.39 is 0 Å². The van der Waals surface area contributed by atoms with Crippen molar-refractivity contribution in [2.45, 2.75) is 32.1 Å². The van der Waals surface area contributed by atoms with Crippen LogP contribution in [-0.2, 0) is 26.6 Å². The van der Waals surface area contributed by atoms with Gasteiger partial charge in [0.05, 0.1) is 0 Å². The van der Waals surface area contributed by atoms with Crippen LogP contribution >= 0.6 is 0 Å². The Bertz CT molecular complexity index is 100. The van der Waals surface area contributed by atoms with E-state index in [2.05, 4.69) is 4.74 Å². The molecule has 1 rings (SSSR count). The fourth-order valence-corrected chi connectivity index (χ4v) is 1.57. The summed E-state index contributed by atoms with van der Waals surface area (Å²) in [5, 5.41) is 0. The van der Waals surface area contributed by atoms with Crippen molar-refractivity contribution in [3.05, 3.63) is 0 Å². The zero-order valence-electron chi connectivity index (χ0n) is 6.49. The third-order valence-electron chi connectivity index (χ3n) is 2.16. The molecular weight excluding hydrogens is 184 g/mol. The van der Waals surface area contributed by atoms with Gasteiger partial charge in [-0.05, 0) is 12.3 Å². The summed E-state index contributed by atoms with van der Waals surface area (Å²) in [6, 6.07) is 0. The molecule has 0 bridgehead atoms. The number of hydrogen-bond donors (Lipinski definition) is 0. The van der Waals surface area contributed by atoms with Gasteiger partial charge in [0.1, 0.15) is 0 Å². The zero-order chi connectivity index (χ0) is 7.23. The van der Waals surface area contributed by atoms with E-state index in [0.717, 1.165) is 12.3 Å². The second kappa shape index (κ2) is 6.68. The van der Waals surface area contributed by atoms with E-state index in [9.17, 15) is 4.79 Å². The predicted molar refractivity (Wildman–Crippen MR) is 38.2 cm³/mol. The summed E-state index contributed by atoms with van der Waals surface area (Å²) in [7, 11) is 0. The molecule has 0 N–H and O–H groups in total. The third-order valence-corrected chi connectivity index (χ3v) is 2.16. The molecule has 11 heavy (non-hydrogen) atoms. The van der Waals surface area contributed by atoms with Crippen LogP contribution in [0, 0.1) is 5.92 Å². The first-order valence-electron chi connectivity index (χ1n) is 3.92. The fourth-order valence-electron chi connectivity index (χ4n) is 1.57. The quantitative estimate of drug-likeness (QED) is 0.389. The summed E-state index contributed by atoms with van der Waals surface area (Å²) in [4.78, 5) is 9.63. The summed E-state index contributed by atoms with van der Waals surface area (Å²) < 4.78 is 4.49. The topological polar surface area (TPSA) is 26.3 Å². The summed E-state index contributed by atoms with van der Waals surface area (Å²) in [6.07, 6.45) is 6.39. The van der Waals surface area contributed by atoms with Crippen molar-refractivity contribution in [2.24, 2.45) is 5.92 Å². The molecule has 2 nitrogen and oxygen atoms in total. The molecule has 0 aromatic rings. The Balaban J connectivity index is 0.000001000. The first kappa shape index (κ1) is 11.0. The van der Waals surface area contributed by atoms with Crippen molar-refractivity contribution < 1.29 is 26.6 Å². The van der Waals surface area contributed by atoms with Crippen molar-refractivity contribution >= 4 is 6.47 Å². The van der Waals surface area contributed by atoms with Gasteiger partial charge in [-0.2, -0.15) is 0 Å². The van der Waals surface area contributed by atoms with Crippen LogP contribution in [0.2, 0.25) is 0 Å². The monoisotopic (exact) mass is 197 g/mol. The number of ether oxygens (including phenoxy) is 1. The Morgan fingerprint density at radius 1 is 1.36 bits per heavy atom. The van der Waals surface area contributed by atoms with Gasteiger partial charge in [0.25, 0.3) is 0 Å². The Morgan fingerprint density at radius 3 is 2.55 bits per heavy atom. The van der Waals surface area contributed by atoms with E-state index in [1.807, 2.05) is 0 Å². The van der Waals surface area contributed by atoms with Crippen molar-refractivity contribution in [3.63, 3.8) is 0 Å². The van der Waals surface area contributed by atoms with Gasteiger partial charge in [-0.15, -0.1) is 0 Å². The van der Waals surface area contributed by atoms with Gasteiger partial charge in [0.2, 0.25) is 0 Å². The van der Waals surface area contributed by atoms with Gasteiger partial charge in [-0.25, -0.2) is 0 Å². The van der Waals surface area contributed by atoms with E-state index in [-0.39, 0.29) is 17.1 Å². The molecule has 0 unspecified atom stereocenters. The van der Waals surface area contributed by atoms with E-state index in [4.69, 9.17) is 0 Å². The van der Waals surface area contributed by atoms with Crippen LogP contribution in [0.3, 0.4) is 0 Å². The van der Waals surface area contributed by atoms with Gasteiger partial charge in [-0.1, -0.05) is 32.2 Å². The van der Waals surface area contributed by atoms with Gasteiger partial charge < -0.3 is 9.53 Å². The van der Waals surface area contributed by atoms with Crippen LogP contribution in [-0.4, -0.2) is 13.1 Å². The molecule has 66 valence electrons. The SMILES string of the molecule is O=[C-]OCCC1CCCC1.[Fe]. The number of carbonyl (C=O) groups excluding carboxylic acids is 1. The maximum absolute atomic E-state index is 9.63. The first-order chi connectivity index (χ1) is 4.93. The van der Waals surface area contributed by atoms with Crippen molar-refractivity contribution in [2.75, 3.05) is 6.61 Å². The van der Waals surface area contributed by atoms with Crippen LogP contribution < -0.4 is 0 Å².